The molecule has 0 aromatic carbocycles. The van der Waals surface area contributed by atoms with Crippen LogP contribution in [-0.2, 0) is 19.1 Å². The lowest BCUT2D eigenvalue weighted by molar-refractivity contribution is -0.136. The third kappa shape index (κ3) is 6.29. The number of rotatable bonds is 6. The highest BCUT2D eigenvalue weighted by molar-refractivity contribution is 5.93. The Labute approximate surface area is 135 Å². The fraction of sp³-hybridized carbons (Fsp3) is 0.176. The Balaban J connectivity index is 0. The van der Waals surface area contributed by atoms with Crippen LogP contribution in [0.2, 0.25) is 0 Å². The van der Waals surface area contributed by atoms with Crippen LogP contribution in [0.15, 0.2) is 72.6 Å². The molecule has 0 amide bonds. The molecule has 0 unspecified atom stereocenters. The molecule has 1 saturated carbocycles. The number of hydrogen-bond donors (Lipinski definition) is 0. The van der Waals surface area contributed by atoms with Gasteiger partial charge in [-0.1, -0.05) is 38.0 Å². The van der Waals surface area contributed by atoms with Crippen molar-refractivity contribution in [2.45, 2.75) is 12.8 Å². The van der Waals surface area contributed by atoms with Gasteiger partial charge in [0.15, 0.2) is 0 Å². The second kappa shape index (κ2) is 10.9. The van der Waals surface area contributed by atoms with Crippen LogP contribution in [0.4, 0.5) is 0 Å². The van der Waals surface area contributed by atoms with E-state index in [0.29, 0.717) is 18.4 Å². The molecule has 0 heterocycles. The molecule has 0 radical (unpaired) electrons. The molecule has 6 heteroatoms. The van der Waals surface area contributed by atoms with Gasteiger partial charge in [0, 0.05) is 0 Å². The lowest BCUT2D eigenvalue weighted by Crippen LogP contribution is -2.13. The molecule has 0 atom stereocenters. The van der Waals surface area contributed by atoms with Gasteiger partial charge in [0.25, 0.3) is 0 Å². The Hall–Kier alpha value is -2.70. The summed E-state index contributed by atoms with van der Waals surface area (Å²) >= 11 is 0. The van der Waals surface area contributed by atoms with Crippen molar-refractivity contribution < 1.29 is 30.0 Å². The second-order valence-electron chi connectivity index (χ2n) is 4.37. The topological polar surface area (TPSA) is 116 Å². The summed E-state index contributed by atoms with van der Waals surface area (Å²) in [6.45, 7) is 10.7. The molecule has 1 rings (SSSR count). The molecule has 1 fully saturated rings. The van der Waals surface area contributed by atoms with E-state index in [0.717, 1.165) is 11.1 Å². The van der Waals surface area contributed by atoms with Crippen molar-refractivity contribution in [1.82, 2.24) is 0 Å². The highest BCUT2D eigenvalue weighted by atomic mass is 16.5. The summed E-state index contributed by atoms with van der Waals surface area (Å²) in [7, 11) is 1.33. The summed E-state index contributed by atoms with van der Waals surface area (Å²) < 4.78 is 9.67. The second-order valence-corrected chi connectivity index (χ2v) is 4.37. The molecule has 1 aliphatic rings. The molecule has 23 heavy (non-hydrogen) atoms. The Bertz CT molecular complexity index is 568. The minimum Gasteiger partial charge on any atom is -0.465 e. The summed E-state index contributed by atoms with van der Waals surface area (Å²) in [5.41, 5.74) is 2.55. The first-order chi connectivity index (χ1) is 10.0. The van der Waals surface area contributed by atoms with E-state index in [2.05, 4.69) is 24.5 Å². The first-order valence-corrected chi connectivity index (χ1v) is 6.33. The average molecular weight is 322 g/mol. The van der Waals surface area contributed by atoms with Crippen molar-refractivity contribution in [3.8, 4) is 0 Å². The lowest BCUT2D eigenvalue weighted by atomic mass is 9.83. The van der Waals surface area contributed by atoms with Crippen molar-refractivity contribution in [2.75, 3.05) is 7.11 Å². The van der Waals surface area contributed by atoms with Crippen molar-refractivity contribution in [1.29, 1.82) is 0 Å². The first kappa shape index (κ1) is 22.6. The van der Waals surface area contributed by atoms with Crippen molar-refractivity contribution in [3.05, 3.63) is 72.6 Å². The summed E-state index contributed by atoms with van der Waals surface area (Å²) in [5.74, 6) is -0.922. The molecule has 126 valence electrons. The van der Waals surface area contributed by atoms with Gasteiger partial charge in [-0.05, 0) is 30.1 Å². The lowest BCUT2D eigenvalue weighted by Gasteiger charge is -2.23. The number of carbonyl (C=O) groups is 2. The van der Waals surface area contributed by atoms with Gasteiger partial charge in [0.2, 0.25) is 0 Å². The van der Waals surface area contributed by atoms with Gasteiger partial charge >= 0.3 is 11.9 Å². The molecular formula is C17H22O6. The molecule has 0 saturated heterocycles. The van der Waals surface area contributed by atoms with Crippen LogP contribution in [0.25, 0.3) is 0 Å². The van der Waals surface area contributed by atoms with Crippen LogP contribution in [0.5, 0.6) is 0 Å². The van der Waals surface area contributed by atoms with Gasteiger partial charge in [0.1, 0.15) is 0 Å². The van der Waals surface area contributed by atoms with E-state index < -0.39 is 11.9 Å². The molecular weight excluding hydrogens is 300 g/mol. The molecule has 0 aliphatic heterocycles. The van der Waals surface area contributed by atoms with E-state index in [1.807, 2.05) is 0 Å². The van der Waals surface area contributed by atoms with E-state index >= 15 is 0 Å². The third-order valence-electron chi connectivity index (χ3n) is 2.90. The van der Waals surface area contributed by atoms with Gasteiger partial charge in [-0.3, -0.25) is 0 Å². The molecule has 0 spiro atoms. The number of esters is 2. The molecule has 0 aromatic heterocycles. The molecule has 1 aliphatic carbocycles. The molecule has 0 aromatic rings. The summed E-state index contributed by atoms with van der Waals surface area (Å²) in [6.07, 6.45) is 8.68. The highest BCUT2D eigenvalue weighted by Crippen LogP contribution is 2.35. The molecule has 6 nitrogen and oxygen atoms in total. The Morgan fingerprint density at radius 1 is 1.13 bits per heavy atom. The van der Waals surface area contributed by atoms with Crippen molar-refractivity contribution >= 4 is 11.9 Å². The minimum absolute atomic E-state index is 0. The molecule has 0 bridgehead atoms. The normalized spacial score (nSPS) is 12.0. The van der Waals surface area contributed by atoms with E-state index in [9.17, 15) is 9.59 Å². The Morgan fingerprint density at radius 2 is 1.74 bits per heavy atom. The predicted molar refractivity (Wildman–Crippen MR) is 88.4 cm³/mol. The van der Waals surface area contributed by atoms with Crippen LogP contribution in [0.3, 0.4) is 0 Å². The summed E-state index contributed by atoms with van der Waals surface area (Å²) in [4.78, 5) is 23.0. The van der Waals surface area contributed by atoms with Gasteiger partial charge in [0.05, 0.1) is 24.5 Å². The quantitative estimate of drug-likeness (QED) is 0.319. The van der Waals surface area contributed by atoms with E-state index in [1.54, 1.807) is 12.2 Å². The monoisotopic (exact) mass is 322 g/mol. The van der Waals surface area contributed by atoms with Crippen LogP contribution in [-0.4, -0.2) is 30.0 Å². The maximum Gasteiger partial charge on any atom is 0.342 e. The zero-order chi connectivity index (χ0) is 15.8. The average Bonchev–Trinajstić information content (AvgIpc) is 2.45. The fourth-order valence-corrected chi connectivity index (χ4v) is 1.72. The van der Waals surface area contributed by atoms with Crippen LogP contribution < -0.4 is 0 Å². The zero-order valence-electron chi connectivity index (χ0n) is 13.1. The number of allylic oxidation sites excluding steroid dienone is 4. The smallest absolute Gasteiger partial charge is 0.342 e. The maximum absolute atomic E-state index is 11.6. The van der Waals surface area contributed by atoms with E-state index in [-0.39, 0.29) is 16.5 Å². The number of methoxy groups -OCH3 is 1. The number of carbonyl (C=O) groups excluding carboxylic acids is 2. The first-order valence-electron chi connectivity index (χ1n) is 6.33. The van der Waals surface area contributed by atoms with E-state index in [1.165, 1.54) is 25.5 Å². The van der Waals surface area contributed by atoms with E-state index in [4.69, 9.17) is 4.74 Å². The van der Waals surface area contributed by atoms with Gasteiger partial charge in [-0.25, -0.2) is 9.59 Å². The third-order valence-corrected chi connectivity index (χ3v) is 2.90. The van der Waals surface area contributed by atoms with Gasteiger partial charge in [-0.15, -0.1) is 0 Å². The van der Waals surface area contributed by atoms with Crippen LogP contribution in [0.1, 0.15) is 12.8 Å². The highest BCUT2D eigenvalue weighted by Gasteiger charge is 2.23. The molecule has 4 N–H and O–H groups in total. The standard InChI is InChI=1S/C17H18O4.2H2O/c1-5-7-8-12(3)16(18)21-11-13-9-14(10-13)15(6-2)17(19)20-4;;/h5-8,11H,1-3,9-10H2,4H3;2*1H2/b8-7-,13-11?,15-14?;;. The Morgan fingerprint density at radius 3 is 2.22 bits per heavy atom. The van der Waals surface area contributed by atoms with Crippen molar-refractivity contribution in [3.63, 3.8) is 0 Å². The number of ether oxygens (including phenoxy) is 2. The zero-order valence-corrected chi connectivity index (χ0v) is 13.1. The summed E-state index contributed by atoms with van der Waals surface area (Å²) in [6, 6.07) is 0. The number of hydrogen-bond acceptors (Lipinski definition) is 4. The predicted octanol–water partition coefficient (Wildman–Crippen LogP) is 1.51. The fourth-order valence-electron chi connectivity index (χ4n) is 1.72. The van der Waals surface area contributed by atoms with Gasteiger partial charge < -0.3 is 20.4 Å². The summed E-state index contributed by atoms with van der Waals surface area (Å²) in [5, 5.41) is 0. The minimum atomic E-state index is -0.519. The Kier molecular flexibility index (Phi) is 10.7. The van der Waals surface area contributed by atoms with Crippen LogP contribution in [0, 0.1) is 0 Å². The largest absolute Gasteiger partial charge is 0.465 e. The van der Waals surface area contributed by atoms with Gasteiger partial charge in [-0.2, -0.15) is 0 Å². The van der Waals surface area contributed by atoms with Crippen molar-refractivity contribution in [2.24, 2.45) is 0 Å². The maximum atomic E-state index is 11.6. The van der Waals surface area contributed by atoms with Crippen LogP contribution >= 0.6 is 0 Å². The SMILES string of the molecule is C=C/C=C\C(=C)C(=O)OC=C1CC(=C(C=C)C(=O)OC)C1.O.O.